The lowest BCUT2D eigenvalue weighted by molar-refractivity contribution is -0.135. The van der Waals surface area contributed by atoms with Gasteiger partial charge in [0, 0.05) is 17.7 Å². The van der Waals surface area contributed by atoms with E-state index in [1.54, 1.807) is 11.0 Å². The molecule has 0 unspecified atom stereocenters. The number of hydrogen-bond donors (Lipinski definition) is 1. The van der Waals surface area contributed by atoms with E-state index in [9.17, 15) is 14.7 Å². The molecule has 4 rings (SSSR count). The van der Waals surface area contributed by atoms with Crippen LogP contribution in [0, 0.1) is 0 Å². The number of benzene rings is 2. The zero-order valence-corrected chi connectivity index (χ0v) is 16.4. The fraction of sp³-hybridized carbons (Fsp3) is 0.417. The number of aliphatic hydroxyl groups is 1. The first kappa shape index (κ1) is 18.9. The Morgan fingerprint density at radius 2 is 1.86 bits per heavy atom. The zero-order chi connectivity index (χ0) is 19.7. The summed E-state index contributed by atoms with van der Waals surface area (Å²) in [6, 6.07) is 13.1. The van der Waals surface area contributed by atoms with Crippen molar-refractivity contribution >= 4 is 17.4 Å². The van der Waals surface area contributed by atoms with E-state index in [1.165, 1.54) is 17.5 Å². The number of amides is 1. The van der Waals surface area contributed by atoms with Crippen molar-refractivity contribution in [3.05, 3.63) is 64.7 Å². The minimum absolute atomic E-state index is 0.184. The van der Waals surface area contributed by atoms with Crippen LogP contribution >= 0.6 is 0 Å². The molecule has 0 saturated heterocycles. The Kier molecular flexibility index (Phi) is 5.07. The number of rotatable bonds is 6. The molecule has 0 bridgehead atoms. The summed E-state index contributed by atoms with van der Waals surface area (Å²) < 4.78 is 0. The van der Waals surface area contributed by atoms with Crippen molar-refractivity contribution in [3.63, 3.8) is 0 Å². The summed E-state index contributed by atoms with van der Waals surface area (Å²) in [6.45, 7) is 2.62. The smallest absolute Gasteiger partial charge is 0.264 e. The molecule has 146 valence electrons. The molecule has 0 aromatic heterocycles. The molecular formula is C24H27NO3. The van der Waals surface area contributed by atoms with Crippen LogP contribution in [-0.2, 0) is 23.2 Å². The fourth-order valence-electron chi connectivity index (χ4n) is 4.46. The third kappa shape index (κ3) is 3.16. The van der Waals surface area contributed by atoms with Gasteiger partial charge in [-0.15, -0.1) is 0 Å². The molecule has 4 nitrogen and oxygen atoms in total. The average Bonchev–Trinajstić information content (AvgIpc) is 2.93. The first-order chi connectivity index (χ1) is 13.5. The summed E-state index contributed by atoms with van der Waals surface area (Å²) in [5.74, 6) is -0.565. The number of anilines is 1. The quantitative estimate of drug-likeness (QED) is 0.769. The molecule has 4 heteroatoms. The number of para-hydroxylation sites is 1. The van der Waals surface area contributed by atoms with Crippen molar-refractivity contribution in [3.8, 4) is 0 Å². The van der Waals surface area contributed by atoms with Gasteiger partial charge in [-0.2, -0.15) is 0 Å². The van der Waals surface area contributed by atoms with Gasteiger partial charge in [0.25, 0.3) is 5.91 Å². The standard InChI is InChI=1S/C24H27NO3/c1-2-3-14-25-21-11-7-6-10-20(21)24(28,23(25)27)16-22(26)19-13-12-17-8-4-5-9-18(17)15-19/h6-7,10-13,15,28H,2-5,8-9,14,16H2,1H3/t24-/m1/s1. The van der Waals surface area contributed by atoms with Crippen LogP contribution in [0.25, 0.3) is 0 Å². The highest BCUT2D eigenvalue weighted by atomic mass is 16.3. The number of unbranched alkanes of at least 4 members (excludes halogenated alkanes) is 1. The van der Waals surface area contributed by atoms with Gasteiger partial charge in [-0.05, 0) is 55.4 Å². The molecular weight excluding hydrogens is 350 g/mol. The highest BCUT2D eigenvalue weighted by Gasteiger charge is 2.50. The van der Waals surface area contributed by atoms with Crippen LogP contribution in [0.5, 0.6) is 0 Å². The van der Waals surface area contributed by atoms with Crippen molar-refractivity contribution in [2.75, 3.05) is 11.4 Å². The molecule has 1 atom stereocenters. The Bertz CT molecular complexity index is 920. The van der Waals surface area contributed by atoms with E-state index in [1.807, 2.05) is 36.4 Å². The van der Waals surface area contributed by atoms with Crippen molar-refractivity contribution in [1.82, 2.24) is 0 Å². The van der Waals surface area contributed by atoms with E-state index >= 15 is 0 Å². The molecule has 1 heterocycles. The molecule has 2 aliphatic rings. The second-order valence-electron chi connectivity index (χ2n) is 7.98. The summed E-state index contributed by atoms with van der Waals surface area (Å²) in [7, 11) is 0. The maximum Gasteiger partial charge on any atom is 0.264 e. The first-order valence-electron chi connectivity index (χ1n) is 10.3. The number of carbonyl (C=O) groups excluding carboxylic acids is 2. The largest absolute Gasteiger partial charge is 0.375 e. The maximum atomic E-state index is 13.1. The fourth-order valence-corrected chi connectivity index (χ4v) is 4.46. The normalized spacial score (nSPS) is 20.8. The average molecular weight is 377 g/mol. The Morgan fingerprint density at radius 1 is 1.11 bits per heavy atom. The van der Waals surface area contributed by atoms with Crippen LogP contribution in [0.4, 0.5) is 5.69 Å². The molecule has 2 aromatic rings. The minimum Gasteiger partial charge on any atom is -0.375 e. The van der Waals surface area contributed by atoms with Gasteiger partial charge in [0.2, 0.25) is 0 Å². The van der Waals surface area contributed by atoms with Crippen LogP contribution in [-0.4, -0.2) is 23.3 Å². The SMILES string of the molecule is CCCCN1C(=O)[C@@](O)(CC(=O)c2ccc3c(c2)CCCC3)c2ccccc21. The summed E-state index contributed by atoms with van der Waals surface area (Å²) in [5.41, 5.74) is 2.62. The lowest BCUT2D eigenvalue weighted by atomic mass is 9.85. The summed E-state index contributed by atoms with van der Waals surface area (Å²) in [6.07, 6.45) is 5.99. The predicted octanol–water partition coefficient (Wildman–Crippen LogP) is 4.17. The number of hydrogen-bond acceptors (Lipinski definition) is 3. The van der Waals surface area contributed by atoms with E-state index in [-0.39, 0.29) is 18.1 Å². The van der Waals surface area contributed by atoms with Crippen LogP contribution in [0.2, 0.25) is 0 Å². The lowest BCUT2D eigenvalue weighted by Crippen LogP contribution is -2.42. The number of aryl methyl sites for hydroxylation is 2. The predicted molar refractivity (Wildman–Crippen MR) is 110 cm³/mol. The van der Waals surface area contributed by atoms with E-state index < -0.39 is 5.60 Å². The summed E-state index contributed by atoms with van der Waals surface area (Å²) in [4.78, 5) is 27.8. The van der Waals surface area contributed by atoms with E-state index in [0.29, 0.717) is 17.7 Å². The number of ketones is 1. The monoisotopic (exact) mass is 377 g/mol. The van der Waals surface area contributed by atoms with Crippen molar-refractivity contribution < 1.29 is 14.7 Å². The van der Waals surface area contributed by atoms with Gasteiger partial charge in [0.05, 0.1) is 12.1 Å². The molecule has 0 fully saturated rings. The molecule has 0 radical (unpaired) electrons. The minimum atomic E-state index is -1.78. The number of nitrogens with zero attached hydrogens (tertiary/aromatic N) is 1. The van der Waals surface area contributed by atoms with Gasteiger partial charge in [0.1, 0.15) is 0 Å². The zero-order valence-electron chi connectivity index (χ0n) is 16.4. The maximum absolute atomic E-state index is 13.1. The van der Waals surface area contributed by atoms with Crippen molar-refractivity contribution in [1.29, 1.82) is 0 Å². The molecule has 0 spiro atoms. The Hall–Kier alpha value is -2.46. The third-order valence-corrected chi connectivity index (χ3v) is 6.06. The van der Waals surface area contributed by atoms with Gasteiger partial charge in [0.15, 0.2) is 11.4 Å². The van der Waals surface area contributed by atoms with Crippen LogP contribution in [0.3, 0.4) is 0 Å². The molecule has 2 aromatic carbocycles. The van der Waals surface area contributed by atoms with Crippen LogP contribution in [0.15, 0.2) is 42.5 Å². The van der Waals surface area contributed by atoms with Gasteiger partial charge in [-0.25, -0.2) is 0 Å². The van der Waals surface area contributed by atoms with Crippen LogP contribution < -0.4 is 4.90 Å². The van der Waals surface area contributed by atoms with Gasteiger partial charge in [-0.1, -0.05) is 43.7 Å². The molecule has 1 aliphatic carbocycles. The molecule has 1 amide bonds. The first-order valence-corrected chi connectivity index (χ1v) is 10.3. The van der Waals surface area contributed by atoms with E-state index in [0.717, 1.165) is 37.8 Å². The second kappa shape index (κ2) is 7.51. The third-order valence-electron chi connectivity index (χ3n) is 6.06. The number of fused-ring (bicyclic) bond motifs is 2. The number of carbonyl (C=O) groups is 2. The molecule has 1 N–H and O–H groups in total. The van der Waals surface area contributed by atoms with Gasteiger partial charge < -0.3 is 10.0 Å². The Labute approximate surface area is 166 Å². The van der Waals surface area contributed by atoms with Gasteiger partial charge >= 0.3 is 0 Å². The van der Waals surface area contributed by atoms with E-state index in [4.69, 9.17) is 0 Å². The van der Waals surface area contributed by atoms with Gasteiger partial charge in [-0.3, -0.25) is 9.59 Å². The lowest BCUT2D eigenvalue weighted by Gasteiger charge is -2.23. The van der Waals surface area contributed by atoms with Crippen LogP contribution in [0.1, 0.15) is 66.1 Å². The van der Waals surface area contributed by atoms with E-state index in [2.05, 4.69) is 6.92 Å². The Morgan fingerprint density at radius 3 is 2.64 bits per heavy atom. The number of Topliss-reactive ketones (excluding diaryl/α,β-unsaturated/α-hetero) is 1. The highest BCUT2D eigenvalue weighted by molar-refractivity contribution is 6.10. The van der Waals surface area contributed by atoms with Crippen molar-refractivity contribution in [2.45, 2.75) is 57.5 Å². The summed E-state index contributed by atoms with van der Waals surface area (Å²) in [5, 5.41) is 11.3. The molecule has 28 heavy (non-hydrogen) atoms. The summed E-state index contributed by atoms with van der Waals surface area (Å²) >= 11 is 0. The highest BCUT2D eigenvalue weighted by Crippen LogP contribution is 2.43. The Balaban J connectivity index is 1.63. The molecule has 0 saturated carbocycles. The molecule has 1 aliphatic heterocycles. The van der Waals surface area contributed by atoms with Crippen molar-refractivity contribution in [2.24, 2.45) is 0 Å². The second-order valence-corrected chi connectivity index (χ2v) is 7.98. The topological polar surface area (TPSA) is 57.6 Å².